The zero-order valence-corrected chi connectivity index (χ0v) is 52.9. The second-order valence-electron chi connectivity index (χ2n) is 24.5. The number of sulfonamides is 1. The van der Waals surface area contributed by atoms with Crippen LogP contribution in [-0.4, -0.2) is 149 Å². The molecular formula is C65H86F2N8O14S. The van der Waals surface area contributed by atoms with Crippen LogP contribution >= 0.6 is 0 Å². The Bertz CT molecular complexity index is 3190. The zero-order chi connectivity index (χ0) is 65.6. The van der Waals surface area contributed by atoms with Gasteiger partial charge in [-0.3, -0.25) is 9.59 Å². The third-order valence-electron chi connectivity index (χ3n) is 15.7. The van der Waals surface area contributed by atoms with Gasteiger partial charge in [0.15, 0.2) is 12.6 Å². The van der Waals surface area contributed by atoms with E-state index < -0.39 is 88.4 Å². The number of aliphatic hydroxyl groups excluding tert-OH is 2. The van der Waals surface area contributed by atoms with Gasteiger partial charge in [0.1, 0.15) is 23.8 Å². The van der Waals surface area contributed by atoms with Crippen molar-refractivity contribution < 1.29 is 75.0 Å². The molecule has 8 rings (SSSR count). The van der Waals surface area contributed by atoms with Gasteiger partial charge in [0.05, 0.1) is 91.0 Å². The first-order valence-electron chi connectivity index (χ1n) is 30.2. The van der Waals surface area contributed by atoms with Crippen LogP contribution in [0.2, 0.25) is 0 Å². The van der Waals surface area contributed by atoms with Crippen LogP contribution < -0.4 is 26.6 Å². The number of nitrogens with zero attached hydrogens (tertiary/aromatic N) is 3. The molecule has 0 aliphatic carbocycles. The summed E-state index contributed by atoms with van der Waals surface area (Å²) in [6, 6.07) is 29.2. The lowest BCUT2D eigenvalue weighted by Gasteiger charge is -2.35. The van der Waals surface area contributed by atoms with Gasteiger partial charge in [-0.25, -0.2) is 26.8 Å². The van der Waals surface area contributed by atoms with Gasteiger partial charge in [0, 0.05) is 52.9 Å². The highest BCUT2D eigenvalue weighted by Gasteiger charge is 2.46. The molecule has 4 heterocycles. The number of aliphatic hydroxyl groups is 2. The minimum absolute atomic E-state index is 0.0564. The van der Waals surface area contributed by atoms with E-state index in [2.05, 4.69) is 52.6 Å². The summed E-state index contributed by atoms with van der Waals surface area (Å²) in [5.41, 5.74) is 1.88. The maximum atomic E-state index is 14.4. The molecule has 4 aliphatic heterocycles. The maximum Gasteiger partial charge on any atom is 0.407 e. The number of halogens is 2. The molecule has 0 bridgehead atoms. The van der Waals surface area contributed by atoms with Crippen molar-refractivity contribution in [2.75, 3.05) is 63.2 Å². The van der Waals surface area contributed by atoms with Crippen LogP contribution in [0.15, 0.2) is 102 Å². The molecule has 22 nitrogen and oxygen atoms in total. The fourth-order valence-electron chi connectivity index (χ4n) is 10.8. The Morgan fingerprint density at radius 1 is 0.678 bits per heavy atom. The number of hydrogen-bond donors (Lipinski definition) is 7. The number of carbonyl (C=O) groups is 4. The van der Waals surface area contributed by atoms with E-state index in [9.17, 15) is 46.6 Å². The predicted octanol–water partition coefficient (Wildman–Crippen LogP) is 8.02. The summed E-state index contributed by atoms with van der Waals surface area (Å²) in [5.74, 6) is -2.10. The van der Waals surface area contributed by atoms with Crippen LogP contribution in [0.25, 0.3) is 0 Å². The van der Waals surface area contributed by atoms with Crippen LogP contribution in [0.1, 0.15) is 96.8 Å². The monoisotopic (exact) mass is 1270 g/mol. The summed E-state index contributed by atoms with van der Waals surface area (Å²) < 4.78 is 90.0. The highest BCUT2D eigenvalue weighted by atomic mass is 32.2. The zero-order valence-electron chi connectivity index (χ0n) is 52.1. The van der Waals surface area contributed by atoms with E-state index in [-0.39, 0.29) is 77.8 Å². The van der Waals surface area contributed by atoms with Crippen molar-refractivity contribution in [2.24, 2.45) is 22.7 Å². The smallest absolute Gasteiger partial charge is 0.407 e. The Morgan fingerprint density at radius 2 is 1.14 bits per heavy atom. The molecule has 0 saturated carbocycles. The first kappa shape index (κ1) is 71.9. The highest BCUT2D eigenvalue weighted by molar-refractivity contribution is 7.89. The molecular weight excluding hydrogens is 1190 g/mol. The molecule has 90 heavy (non-hydrogen) atoms. The molecule has 490 valence electrons. The third-order valence-corrected chi connectivity index (χ3v) is 17.5. The van der Waals surface area contributed by atoms with Crippen molar-refractivity contribution in [3.63, 3.8) is 0 Å². The van der Waals surface area contributed by atoms with Gasteiger partial charge in [-0.15, -0.1) is 0 Å². The van der Waals surface area contributed by atoms with Gasteiger partial charge >= 0.3 is 12.2 Å². The molecule has 0 radical (unpaired) electrons. The van der Waals surface area contributed by atoms with Crippen LogP contribution in [0, 0.1) is 63.9 Å². The number of anilines is 2. The molecule has 0 spiro atoms. The quantitative estimate of drug-likeness (QED) is 0.0313. The molecule has 4 aliphatic rings. The highest BCUT2D eigenvalue weighted by Crippen LogP contribution is 2.35. The minimum atomic E-state index is -4.39. The van der Waals surface area contributed by atoms with Crippen LogP contribution in [0.4, 0.5) is 29.7 Å². The van der Waals surface area contributed by atoms with E-state index in [0.717, 1.165) is 52.0 Å². The minimum Gasteiger partial charge on any atom is -0.443 e. The summed E-state index contributed by atoms with van der Waals surface area (Å²) in [5, 5.41) is 54.0. The van der Waals surface area contributed by atoms with Gasteiger partial charge in [-0.2, -0.15) is 14.8 Å². The molecule has 10 atom stereocenters. The molecule has 0 aromatic heterocycles. The first-order chi connectivity index (χ1) is 42.8. The van der Waals surface area contributed by atoms with E-state index in [0.29, 0.717) is 58.6 Å². The number of hydrogen-bond acceptors (Lipinski definition) is 17. The van der Waals surface area contributed by atoms with Crippen molar-refractivity contribution >= 4 is 45.4 Å². The number of aryl methyl sites for hydroxylation is 1. The number of fused-ring (bicyclic) bond motifs is 2. The van der Waals surface area contributed by atoms with Crippen molar-refractivity contribution in [2.45, 2.75) is 154 Å². The van der Waals surface area contributed by atoms with E-state index in [1.165, 1.54) is 19.9 Å². The van der Waals surface area contributed by atoms with Crippen molar-refractivity contribution in [3.8, 4) is 12.1 Å². The molecule has 4 amide bonds. The van der Waals surface area contributed by atoms with Gasteiger partial charge in [-0.1, -0.05) is 94.4 Å². The fourth-order valence-corrected chi connectivity index (χ4v) is 12.5. The number of carbonyl (C=O) groups excluding carboxylic acids is 4. The van der Waals surface area contributed by atoms with Gasteiger partial charge in [0.2, 0.25) is 21.8 Å². The SMILES string of the molecule is CC(=O)Nc1cc(C)ccc1F.CC(=O)Nc1cc(S(=O)(=O)N(CC(O)C(Cc2ccccc2)NC(=O)OC2COC3OCCC23)CC(C)(C)CCC#N)ccc1F.CC(C)(CCC#N)CNCC(O)C(Cc1ccccc1)NC(=O)OC1COC2OCCC12. The fraction of sp³-hybridized carbons (Fsp3) is 0.538. The van der Waals surface area contributed by atoms with Crippen LogP contribution in [0.3, 0.4) is 0 Å². The number of nitrogens with one attached hydrogen (secondary N) is 5. The summed E-state index contributed by atoms with van der Waals surface area (Å²) in [4.78, 5) is 47.7. The number of alkyl carbamates (subject to hydrolysis) is 2. The maximum absolute atomic E-state index is 14.4. The van der Waals surface area contributed by atoms with E-state index >= 15 is 0 Å². The van der Waals surface area contributed by atoms with Crippen LogP contribution in [-0.2, 0) is 60.9 Å². The van der Waals surface area contributed by atoms with E-state index in [1.807, 2.05) is 67.6 Å². The summed E-state index contributed by atoms with van der Waals surface area (Å²) >= 11 is 0. The normalized spacial score (nSPS) is 20.6. The van der Waals surface area contributed by atoms with Gasteiger partial charge < -0.3 is 65.2 Å². The van der Waals surface area contributed by atoms with Gasteiger partial charge in [-0.05, 0) is 103 Å². The number of benzene rings is 4. The standard InChI is InChI=1S/C32H41FN4O8S.C24H35N3O5.C9H10FNO/c1-21(38)35-26-17-23(10-11-25(26)33)46(41,42)37(20-32(2,3)13-7-14-34)18-28(39)27(16-22-8-5-4-6-9-22)36-31(40)45-29-19-44-30-24(29)12-15-43-30;1-24(2,10-6-11-25)16-26-14-20(28)19(13-17-7-4-3-5-8-17)27-23(29)32-21-15-31-22-18(21)9-12-30-22;1-6-3-4-8(10)9(5-6)11-7(2)12/h4-6,8-11,17,24,27-30,39H,7,12-13,15-16,18-20H2,1-3H3,(H,35,38)(H,36,40);3-5,7-8,18-22,26,28H,6,9-10,12-16H2,1-2H3,(H,27,29);3-5H,1-2H3,(H,11,12). The average molecular weight is 1270 g/mol. The Balaban J connectivity index is 0.000000252. The molecule has 4 saturated heterocycles. The lowest BCUT2D eigenvalue weighted by atomic mass is 9.88. The Morgan fingerprint density at radius 3 is 1.63 bits per heavy atom. The summed E-state index contributed by atoms with van der Waals surface area (Å²) in [6.07, 6.45) is -1.22. The molecule has 7 N–H and O–H groups in total. The third kappa shape index (κ3) is 22.6. The Hall–Kier alpha value is -7.17. The Kier molecular flexibility index (Phi) is 27.4. The molecule has 25 heteroatoms. The van der Waals surface area contributed by atoms with Crippen LogP contribution in [0.5, 0.6) is 0 Å². The number of ether oxygens (including phenoxy) is 6. The second-order valence-corrected chi connectivity index (χ2v) is 26.5. The largest absolute Gasteiger partial charge is 0.443 e. The lowest BCUT2D eigenvalue weighted by molar-refractivity contribution is -0.115. The van der Waals surface area contributed by atoms with E-state index in [1.54, 1.807) is 26.0 Å². The topological polar surface area (TPSA) is 309 Å². The number of rotatable bonds is 26. The second kappa shape index (κ2) is 34.3. The average Bonchev–Trinajstić information content (AvgIpc) is 1.30. The molecule has 4 fully saturated rings. The van der Waals surface area contributed by atoms with Crippen molar-refractivity contribution in [3.05, 3.63) is 125 Å². The first-order valence-corrected chi connectivity index (χ1v) is 31.6. The van der Waals surface area contributed by atoms with E-state index in [4.69, 9.17) is 38.9 Å². The lowest BCUT2D eigenvalue weighted by Crippen LogP contribution is -2.52. The molecule has 10 unspecified atom stereocenters. The number of amides is 4. The predicted molar refractivity (Wildman–Crippen MR) is 329 cm³/mol. The molecule has 4 aromatic rings. The van der Waals surface area contributed by atoms with Gasteiger partial charge in [0.25, 0.3) is 0 Å². The Labute approximate surface area is 526 Å². The summed E-state index contributed by atoms with van der Waals surface area (Å²) in [6.45, 7) is 14.2. The number of nitriles is 2. The van der Waals surface area contributed by atoms with Crippen molar-refractivity contribution in [1.29, 1.82) is 10.5 Å². The molecule has 4 aromatic carbocycles. The summed E-state index contributed by atoms with van der Waals surface area (Å²) in [7, 11) is -4.39. The van der Waals surface area contributed by atoms with Crippen molar-refractivity contribution in [1.82, 2.24) is 20.3 Å².